The van der Waals surface area contributed by atoms with E-state index in [2.05, 4.69) is 4.90 Å². The van der Waals surface area contributed by atoms with Gasteiger partial charge in [0.2, 0.25) is 5.91 Å². The Morgan fingerprint density at radius 3 is 2.59 bits per heavy atom. The standard InChI is InChI=1S/C17H32N2O3/c1-14(11-15-5-3-4-6-15)17(21)18(2)12-16(20)13-19-7-9-22-10-8-19/h14-16,20H,3-13H2,1-2H3. The summed E-state index contributed by atoms with van der Waals surface area (Å²) in [5, 5.41) is 10.2. The largest absolute Gasteiger partial charge is 0.390 e. The molecule has 1 aliphatic carbocycles. The summed E-state index contributed by atoms with van der Waals surface area (Å²) in [4.78, 5) is 16.4. The van der Waals surface area contributed by atoms with E-state index >= 15 is 0 Å². The Morgan fingerprint density at radius 2 is 1.95 bits per heavy atom. The van der Waals surface area contributed by atoms with Gasteiger partial charge in [0.1, 0.15) is 0 Å². The molecule has 0 aromatic heterocycles. The normalized spacial score (nSPS) is 23.4. The fourth-order valence-corrected chi connectivity index (χ4v) is 3.77. The number of hydrogen-bond acceptors (Lipinski definition) is 4. The van der Waals surface area contributed by atoms with E-state index in [0.717, 1.165) is 38.6 Å². The monoisotopic (exact) mass is 312 g/mol. The Morgan fingerprint density at radius 1 is 1.32 bits per heavy atom. The number of aliphatic hydroxyl groups is 1. The number of carbonyl (C=O) groups excluding carboxylic acids is 1. The number of morpholine rings is 1. The van der Waals surface area contributed by atoms with Crippen LogP contribution in [0.3, 0.4) is 0 Å². The molecule has 0 aromatic carbocycles. The Hall–Kier alpha value is -0.650. The average molecular weight is 312 g/mol. The van der Waals surface area contributed by atoms with Crippen molar-refractivity contribution in [1.29, 1.82) is 0 Å². The van der Waals surface area contributed by atoms with E-state index in [1.54, 1.807) is 4.90 Å². The van der Waals surface area contributed by atoms with Crippen LogP contribution in [0.5, 0.6) is 0 Å². The van der Waals surface area contributed by atoms with Crippen LogP contribution in [0.25, 0.3) is 0 Å². The first-order chi connectivity index (χ1) is 10.6. The molecule has 1 heterocycles. The van der Waals surface area contributed by atoms with Gasteiger partial charge in [0.25, 0.3) is 0 Å². The SMILES string of the molecule is CC(CC1CCCC1)C(=O)N(C)CC(O)CN1CCOCC1. The molecule has 22 heavy (non-hydrogen) atoms. The molecule has 0 bridgehead atoms. The van der Waals surface area contributed by atoms with Gasteiger partial charge in [-0.1, -0.05) is 32.6 Å². The second kappa shape index (κ2) is 8.85. The highest BCUT2D eigenvalue weighted by molar-refractivity contribution is 5.78. The third kappa shape index (κ3) is 5.52. The number of ether oxygens (including phenoxy) is 1. The molecule has 2 rings (SSSR count). The minimum absolute atomic E-state index is 0.0729. The van der Waals surface area contributed by atoms with E-state index in [9.17, 15) is 9.90 Å². The van der Waals surface area contributed by atoms with Crippen LogP contribution in [0.15, 0.2) is 0 Å². The molecule has 2 aliphatic rings. The number of nitrogens with zero attached hydrogens (tertiary/aromatic N) is 2. The fraction of sp³-hybridized carbons (Fsp3) is 0.941. The molecule has 1 aliphatic heterocycles. The summed E-state index contributed by atoms with van der Waals surface area (Å²) in [6.07, 6.45) is 5.72. The van der Waals surface area contributed by atoms with Crippen LogP contribution in [0.1, 0.15) is 39.0 Å². The fourth-order valence-electron chi connectivity index (χ4n) is 3.77. The lowest BCUT2D eigenvalue weighted by molar-refractivity contribution is -0.135. The summed E-state index contributed by atoms with van der Waals surface area (Å²) in [6, 6.07) is 0. The second-order valence-corrected chi connectivity index (χ2v) is 7.07. The van der Waals surface area contributed by atoms with Gasteiger partial charge in [0, 0.05) is 39.1 Å². The lowest BCUT2D eigenvalue weighted by Crippen LogP contribution is -2.45. The predicted octanol–water partition coefficient (Wildman–Crippen LogP) is 1.35. The van der Waals surface area contributed by atoms with Crippen molar-refractivity contribution >= 4 is 5.91 Å². The van der Waals surface area contributed by atoms with Crippen LogP contribution in [-0.2, 0) is 9.53 Å². The van der Waals surface area contributed by atoms with Crippen LogP contribution >= 0.6 is 0 Å². The maximum absolute atomic E-state index is 12.4. The summed E-state index contributed by atoms with van der Waals surface area (Å²) < 4.78 is 5.31. The van der Waals surface area contributed by atoms with Crippen molar-refractivity contribution in [3.8, 4) is 0 Å². The second-order valence-electron chi connectivity index (χ2n) is 7.07. The van der Waals surface area contributed by atoms with Gasteiger partial charge in [-0.25, -0.2) is 0 Å². The molecule has 2 fully saturated rings. The zero-order valence-corrected chi connectivity index (χ0v) is 14.2. The first kappa shape index (κ1) is 17.7. The molecule has 128 valence electrons. The number of amides is 1. The lowest BCUT2D eigenvalue weighted by atomic mass is 9.93. The smallest absolute Gasteiger partial charge is 0.225 e. The first-order valence-corrected chi connectivity index (χ1v) is 8.79. The van der Waals surface area contributed by atoms with Crippen molar-refractivity contribution in [3.63, 3.8) is 0 Å². The molecule has 0 aromatic rings. The topological polar surface area (TPSA) is 53.0 Å². The van der Waals surface area contributed by atoms with Crippen LogP contribution < -0.4 is 0 Å². The van der Waals surface area contributed by atoms with Crippen molar-refractivity contribution < 1.29 is 14.6 Å². The third-order valence-electron chi connectivity index (χ3n) is 5.02. The summed E-state index contributed by atoms with van der Waals surface area (Å²) in [5.41, 5.74) is 0. The molecule has 2 unspecified atom stereocenters. The van der Waals surface area contributed by atoms with Crippen LogP contribution in [0.2, 0.25) is 0 Å². The molecule has 5 heteroatoms. The zero-order chi connectivity index (χ0) is 15.9. The van der Waals surface area contributed by atoms with Crippen molar-refractivity contribution in [2.75, 3.05) is 46.4 Å². The minimum atomic E-state index is -0.481. The van der Waals surface area contributed by atoms with E-state index < -0.39 is 6.10 Å². The molecule has 0 radical (unpaired) electrons. The molecule has 5 nitrogen and oxygen atoms in total. The Kier molecular flexibility index (Phi) is 7.12. The van der Waals surface area contributed by atoms with Gasteiger partial charge in [-0.3, -0.25) is 9.69 Å². The van der Waals surface area contributed by atoms with E-state index in [4.69, 9.17) is 4.74 Å². The molecule has 1 amide bonds. The van der Waals surface area contributed by atoms with Crippen LogP contribution in [-0.4, -0.2) is 73.4 Å². The molecule has 2 atom stereocenters. The number of rotatable bonds is 7. The van der Waals surface area contributed by atoms with E-state index in [-0.39, 0.29) is 11.8 Å². The highest BCUT2D eigenvalue weighted by atomic mass is 16.5. The van der Waals surface area contributed by atoms with Crippen molar-refractivity contribution in [3.05, 3.63) is 0 Å². The molecular weight excluding hydrogens is 280 g/mol. The Bertz CT molecular complexity index is 339. The maximum Gasteiger partial charge on any atom is 0.225 e. The van der Waals surface area contributed by atoms with Crippen molar-refractivity contribution in [2.45, 2.75) is 45.1 Å². The van der Waals surface area contributed by atoms with Gasteiger partial charge in [-0.15, -0.1) is 0 Å². The molecule has 1 N–H and O–H groups in total. The van der Waals surface area contributed by atoms with Gasteiger partial charge in [0.15, 0.2) is 0 Å². The third-order valence-corrected chi connectivity index (χ3v) is 5.02. The number of aliphatic hydroxyl groups excluding tert-OH is 1. The van der Waals surface area contributed by atoms with E-state index in [1.165, 1.54) is 25.7 Å². The summed E-state index contributed by atoms with van der Waals surface area (Å²) >= 11 is 0. The van der Waals surface area contributed by atoms with Gasteiger partial charge in [-0.2, -0.15) is 0 Å². The summed E-state index contributed by atoms with van der Waals surface area (Å²) in [6.45, 7) is 6.29. The molecule has 1 saturated carbocycles. The van der Waals surface area contributed by atoms with Crippen molar-refractivity contribution in [2.24, 2.45) is 11.8 Å². The Balaban J connectivity index is 1.69. The van der Waals surface area contributed by atoms with Gasteiger partial charge >= 0.3 is 0 Å². The molecule has 0 spiro atoms. The highest BCUT2D eigenvalue weighted by Gasteiger charge is 2.25. The molecular formula is C17H32N2O3. The van der Waals surface area contributed by atoms with Crippen LogP contribution in [0, 0.1) is 11.8 Å². The van der Waals surface area contributed by atoms with Crippen LogP contribution in [0.4, 0.5) is 0 Å². The van der Waals surface area contributed by atoms with Crippen molar-refractivity contribution in [1.82, 2.24) is 9.80 Å². The quantitative estimate of drug-likeness (QED) is 0.771. The lowest BCUT2D eigenvalue weighted by Gasteiger charge is -2.31. The predicted molar refractivity (Wildman–Crippen MR) is 86.6 cm³/mol. The van der Waals surface area contributed by atoms with E-state index in [0.29, 0.717) is 13.1 Å². The number of hydrogen-bond donors (Lipinski definition) is 1. The summed E-state index contributed by atoms with van der Waals surface area (Å²) in [5.74, 6) is 0.974. The highest BCUT2D eigenvalue weighted by Crippen LogP contribution is 2.30. The maximum atomic E-state index is 12.4. The summed E-state index contributed by atoms with van der Waals surface area (Å²) in [7, 11) is 1.82. The first-order valence-electron chi connectivity index (χ1n) is 8.79. The number of β-amino-alcohol motifs (C(OH)–C–C–N with tert-alkyl or cyclic N) is 1. The van der Waals surface area contributed by atoms with E-state index in [1.807, 2.05) is 14.0 Å². The molecule has 1 saturated heterocycles. The van der Waals surface area contributed by atoms with Gasteiger partial charge in [0.05, 0.1) is 19.3 Å². The van der Waals surface area contributed by atoms with Gasteiger partial charge < -0.3 is 14.7 Å². The average Bonchev–Trinajstić information content (AvgIpc) is 3.00. The number of carbonyl (C=O) groups is 1. The Labute approximate surface area is 134 Å². The number of likely N-dealkylation sites (N-methyl/N-ethyl adjacent to an activating group) is 1. The van der Waals surface area contributed by atoms with Gasteiger partial charge in [-0.05, 0) is 12.3 Å². The zero-order valence-electron chi connectivity index (χ0n) is 14.2. The minimum Gasteiger partial charge on any atom is -0.390 e.